The molecular weight excluding hydrogens is 521 g/mol. The van der Waals surface area contributed by atoms with Gasteiger partial charge in [0.25, 0.3) is 5.91 Å². The van der Waals surface area contributed by atoms with Crippen molar-refractivity contribution in [1.29, 1.82) is 0 Å². The zero-order chi connectivity index (χ0) is 29.4. The van der Waals surface area contributed by atoms with Gasteiger partial charge in [-0.1, -0.05) is 6.07 Å². The normalized spacial score (nSPS) is 16.1. The number of aryl methyl sites for hydroxylation is 2. The molecule has 0 saturated carbocycles. The number of amides is 1. The molecule has 1 aliphatic rings. The predicted octanol–water partition coefficient (Wildman–Crippen LogP) is 4.09. The van der Waals surface area contributed by atoms with Crippen LogP contribution in [0, 0.1) is 13.8 Å². The molecule has 1 atom stereocenters. The monoisotopic (exact) mass is 556 g/mol. The standard InChI is InChI=1S/C28H35F3N8O/c1-17-6-7-19(10-26(17)39(33)16-25(32)24-14-34-37(5)18(24)2)27(40)35-21-11-20(28(29,30)31)12-23(13-21)38-9-8-22(15-38)36(3)4/h6-7,10-14,16,22H,8-9,15,32-33H2,1-5H3,(H,35,40)/b25-16-/t22-/m1/s1. The number of nitrogens with one attached hydrogen (secondary N) is 1. The third-order valence-electron chi connectivity index (χ3n) is 7.34. The van der Waals surface area contributed by atoms with E-state index in [9.17, 15) is 18.0 Å². The zero-order valence-corrected chi connectivity index (χ0v) is 23.3. The summed E-state index contributed by atoms with van der Waals surface area (Å²) >= 11 is 0. The number of carbonyl (C=O) groups is 1. The molecule has 5 N–H and O–H groups in total. The summed E-state index contributed by atoms with van der Waals surface area (Å²) in [4.78, 5) is 17.2. The lowest BCUT2D eigenvalue weighted by atomic mass is 10.1. The summed E-state index contributed by atoms with van der Waals surface area (Å²) in [6.45, 7) is 4.93. The van der Waals surface area contributed by atoms with Crippen LogP contribution in [-0.4, -0.2) is 53.8 Å². The molecule has 2 heterocycles. The second kappa shape index (κ2) is 11.2. The Bertz CT molecular complexity index is 1430. The first-order valence-corrected chi connectivity index (χ1v) is 12.8. The van der Waals surface area contributed by atoms with Gasteiger partial charge in [-0.3, -0.25) is 14.5 Å². The fourth-order valence-electron chi connectivity index (χ4n) is 4.73. The van der Waals surface area contributed by atoms with E-state index in [2.05, 4.69) is 15.3 Å². The Balaban J connectivity index is 1.59. The van der Waals surface area contributed by atoms with E-state index < -0.39 is 17.6 Å². The number of carbonyl (C=O) groups excluding carboxylic acids is 1. The van der Waals surface area contributed by atoms with Gasteiger partial charge in [0, 0.05) is 60.6 Å². The van der Waals surface area contributed by atoms with Gasteiger partial charge in [-0.2, -0.15) is 18.3 Å². The summed E-state index contributed by atoms with van der Waals surface area (Å²) in [6, 6.07) is 8.78. The van der Waals surface area contributed by atoms with E-state index in [4.69, 9.17) is 11.6 Å². The van der Waals surface area contributed by atoms with Gasteiger partial charge in [-0.05, 0) is 70.3 Å². The van der Waals surface area contributed by atoms with Gasteiger partial charge >= 0.3 is 6.18 Å². The van der Waals surface area contributed by atoms with Crippen molar-refractivity contribution in [3.05, 3.63) is 76.7 Å². The first-order chi connectivity index (χ1) is 18.7. The molecule has 2 aromatic carbocycles. The topological polar surface area (TPSA) is 109 Å². The number of anilines is 3. The van der Waals surface area contributed by atoms with Crippen molar-refractivity contribution >= 4 is 28.7 Å². The highest BCUT2D eigenvalue weighted by molar-refractivity contribution is 6.05. The average molecular weight is 557 g/mol. The Kier molecular flexibility index (Phi) is 8.13. The molecule has 1 amide bonds. The third-order valence-corrected chi connectivity index (χ3v) is 7.34. The van der Waals surface area contributed by atoms with Gasteiger partial charge in [0.15, 0.2) is 0 Å². The van der Waals surface area contributed by atoms with E-state index in [1.807, 2.05) is 32.8 Å². The molecule has 0 bridgehead atoms. The first-order valence-electron chi connectivity index (χ1n) is 12.8. The number of hydrogen-bond acceptors (Lipinski definition) is 7. The van der Waals surface area contributed by atoms with Crippen LogP contribution in [0.15, 0.2) is 48.8 Å². The van der Waals surface area contributed by atoms with Gasteiger partial charge in [-0.25, -0.2) is 5.84 Å². The summed E-state index contributed by atoms with van der Waals surface area (Å²) in [5.41, 5.74) is 9.38. The smallest absolute Gasteiger partial charge is 0.397 e. The van der Waals surface area contributed by atoms with E-state index in [1.165, 1.54) is 11.2 Å². The Morgan fingerprint density at radius 3 is 2.50 bits per heavy atom. The van der Waals surface area contributed by atoms with Crippen molar-refractivity contribution in [2.24, 2.45) is 18.6 Å². The lowest BCUT2D eigenvalue weighted by molar-refractivity contribution is -0.137. The molecule has 40 heavy (non-hydrogen) atoms. The molecule has 9 nitrogen and oxygen atoms in total. The zero-order valence-electron chi connectivity index (χ0n) is 23.3. The summed E-state index contributed by atoms with van der Waals surface area (Å²) in [5, 5.41) is 8.14. The maximum Gasteiger partial charge on any atom is 0.416 e. The third kappa shape index (κ3) is 6.23. The minimum atomic E-state index is -4.56. The Hall–Kier alpha value is -4.03. The maximum absolute atomic E-state index is 13.8. The number of aromatic nitrogens is 2. The van der Waals surface area contributed by atoms with Crippen LogP contribution in [0.5, 0.6) is 0 Å². The second-order valence-electron chi connectivity index (χ2n) is 10.3. The highest BCUT2D eigenvalue weighted by atomic mass is 19.4. The Labute approximate surface area is 231 Å². The van der Waals surface area contributed by atoms with Crippen LogP contribution >= 0.6 is 0 Å². The fourth-order valence-corrected chi connectivity index (χ4v) is 4.73. The molecule has 214 valence electrons. The number of likely N-dealkylation sites (N-methyl/N-ethyl adjacent to an activating group) is 1. The number of nitrogens with two attached hydrogens (primary N) is 2. The summed E-state index contributed by atoms with van der Waals surface area (Å²) in [7, 11) is 5.71. The van der Waals surface area contributed by atoms with Crippen LogP contribution < -0.4 is 26.8 Å². The molecule has 1 aromatic heterocycles. The molecule has 1 saturated heterocycles. The highest BCUT2D eigenvalue weighted by Gasteiger charge is 2.33. The molecular formula is C28H35F3N8O. The fraction of sp³-hybridized carbons (Fsp3) is 0.357. The molecule has 0 aliphatic carbocycles. The van der Waals surface area contributed by atoms with Crippen LogP contribution in [0.4, 0.5) is 30.2 Å². The van der Waals surface area contributed by atoms with Crippen LogP contribution in [0.1, 0.15) is 39.2 Å². The molecule has 1 aliphatic heterocycles. The van der Waals surface area contributed by atoms with Gasteiger partial charge in [0.05, 0.1) is 23.1 Å². The van der Waals surface area contributed by atoms with Crippen molar-refractivity contribution in [1.82, 2.24) is 14.7 Å². The van der Waals surface area contributed by atoms with Crippen LogP contribution in [0.2, 0.25) is 0 Å². The van der Waals surface area contributed by atoms with Crippen LogP contribution in [-0.2, 0) is 13.2 Å². The van der Waals surface area contributed by atoms with E-state index in [1.54, 1.807) is 42.2 Å². The van der Waals surface area contributed by atoms with Crippen molar-refractivity contribution in [2.75, 3.05) is 42.4 Å². The maximum atomic E-state index is 13.8. The second-order valence-corrected chi connectivity index (χ2v) is 10.3. The van der Waals surface area contributed by atoms with Crippen molar-refractivity contribution in [3.8, 4) is 0 Å². The SMILES string of the molecule is Cc1ccc(C(=O)Nc2cc(N3CC[C@@H](N(C)C)C3)cc(C(F)(F)F)c2)cc1N(N)/C=C(\N)c1cnn(C)c1C. The van der Waals surface area contributed by atoms with Crippen LogP contribution in [0.3, 0.4) is 0 Å². The number of alkyl halides is 3. The minimum Gasteiger partial charge on any atom is -0.397 e. The Morgan fingerprint density at radius 1 is 1.18 bits per heavy atom. The highest BCUT2D eigenvalue weighted by Crippen LogP contribution is 2.36. The minimum absolute atomic E-state index is 0.0612. The summed E-state index contributed by atoms with van der Waals surface area (Å²) in [6.07, 6.45) is -0.555. The number of rotatable bonds is 7. The van der Waals surface area contributed by atoms with Crippen LogP contribution in [0.25, 0.3) is 5.70 Å². The number of hydrazine groups is 1. The lowest BCUT2D eigenvalue weighted by Crippen LogP contribution is -2.31. The molecule has 0 spiro atoms. The average Bonchev–Trinajstić information content (AvgIpc) is 3.51. The summed E-state index contributed by atoms with van der Waals surface area (Å²) < 4.78 is 43.0. The predicted molar refractivity (Wildman–Crippen MR) is 152 cm³/mol. The number of halogens is 3. The Morgan fingerprint density at radius 2 is 1.90 bits per heavy atom. The molecule has 1 fully saturated rings. The van der Waals surface area contributed by atoms with E-state index in [-0.39, 0.29) is 17.3 Å². The van der Waals surface area contributed by atoms with E-state index >= 15 is 0 Å². The number of benzene rings is 2. The van der Waals surface area contributed by atoms with Gasteiger partial charge in [-0.15, -0.1) is 0 Å². The first kappa shape index (κ1) is 29.0. The van der Waals surface area contributed by atoms with Gasteiger partial charge in [0.2, 0.25) is 0 Å². The number of hydrogen-bond donors (Lipinski definition) is 3. The quantitative estimate of drug-likeness (QED) is 0.297. The molecule has 12 heteroatoms. The van der Waals surface area contributed by atoms with Crippen molar-refractivity contribution < 1.29 is 18.0 Å². The van der Waals surface area contributed by atoms with E-state index in [0.29, 0.717) is 30.2 Å². The number of nitrogens with zero attached hydrogens (tertiary/aromatic N) is 5. The molecule has 0 radical (unpaired) electrons. The van der Waals surface area contributed by atoms with Crippen molar-refractivity contribution in [2.45, 2.75) is 32.5 Å². The summed E-state index contributed by atoms with van der Waals surface area (Å²) in [5.74, 6) is 5.72. The van der Waals surface area contributed by atoms with E-state index in [0.717, 1.165) is 35.4 Å². The van der Waals surface area contributed by atoms with Gasteiger partial charge < -0.3 is 20.9 Å². The largest absolute Gasteiger partial charge is 0.416 e. The molecule has 0 unspecified atom stereocenters. The molecule has 4 rings (SSSR count). The van der Waals surface area contributed by atoms with Gasteiger partial charge in [0.1, 0.15) is 0 Å². The molecule has 3 aromatic rings. The lowest BCUT2D eigenvalue weighted by Gasteiger charge is -2.23. The van der Waals surface area contributed by atoms with Crippen molar-refractivity contribution in [3.63, 3.8) is 0 Å².